The van der Waals surface area contributed by atoms with Gasteiger partial charge in [0, 0.05) is 24.9 Å². The van der Waals surface area contributed by atoms with Gasteiger partial charge in [-0.1, -0.05) is 11.6 Å². The Balaban J connectivity index is 2.50. The first-order chi connectivity index (χ1) is 7.11. The molecule has 0 bridgehead atoms. The Bertz CT molecular complexity index is 299. The Hall–Kier alpha value is -1.00. The summed E-state index contributed by atoms with van der Waals surface area (Å²) in [6.45, 7) is 5.34. The predicted octanol–water partition coefficient (Wildman–Crippen LogP) is 2.15. The van der Waals surface area contributed by atoms with Gasteiger partial charge in [0.1, 0.15) is 11.0 Å². The van der Waals surface area contributed by atoms with E-state index in [4.69, 9.17) is 22.1 Å². The first-order valence-electron chi connectivity index (χ1n) is 4.90. The van der Waals surface area contributed by atoms with Crippen molar-refractivity contribution in [3.8, 4) is 0 Å². The summed E-state index contributed by atoms with van der Waals surface area (Å²) in [6.07, 6.45) is 0.136. The molecule has 1 aromatic rings. The molecule has 1 atom stereocenters. The molecule has 3 N–H and O–H groups in total. The zero-order valence-corrected chi connectivity index (χ0v) is 9.71. The van der Waals surface area contributed by atoms with Crippen molar-refractivity contribution in [3.05, 3.63) is 17.3 Å². The van der Waals surface area contributed by atoms with Crippen LogP contribution in [-0.4, -0.2) is 24.2 Å². The van der Waals surface area contributed by atoms with E-state index in [9.17, 15) is 0 Å². The van der Waals surface area contributed by atoms with Crippen molar-refractivity contribution in [1.29, 1.82) is 0 Å². The Morgan fingerprint density at radius 3 is 2.93 bits per heavy atom. The fourth-order valence-electron chi connectivity index (χ4n) is 1.20. The van der Waals surface area contributed by atoms with Gasteiger partial charge in [-0.3, -0.25) is 0 Å². The van der Waals surface area contributed by atoms with Crippen LogP contribution in [0.2, 0.25) is 5.15 Å². The molecule has 0 aliphatic heterocycles. The number of nitrogen functional groups attached to an aromatic ring is 1. The SMILES string of the molecule is CCOC(C)CNc1cc(N)cc(Cl)n1. The molecule has 0 aliphatic rings. The lowest BCUT2D eigenvalue weighted by Crippen LogP contribution is -2.20. The molecule has 0 aliphatic carbocycles. The van der Waals surface area contributed by atoms with Crippen LogP contribution in [-0.2, 0) is 4.74 Å². The van der Waals surface area contributed by atoms with Crippen LogP contribution in [0, 0.1) is 0 Å². The number of aromatic nitrogens is 1. The van der Waals surface area contributed by atoms with Gasteiger partial charge < -0.3 is 15.8 Å². The average Bonchev–Trinajstić information content (AvgIpc) is 2.14. The second kappa shape index (κ2) is 5.78. The molecule has 0 amide bonds. The molecule has 1 aromatic heterocycles. The van der Waals surface area contributed by atoms with Crippen molar-refractivity contribution in [2.45, 2.75) is 20.0 Å². The topological polar surface area (TPSA) is 60.2 Å². The van der Waals surface area contributed by atoms with E-state index in [-0.39, 0.29) is 6.10 Å². The van der Waals surface area contributed by atoms with Crippen molar-refractivity contribution in [2.75, 3.05) is 24.2 Å². The smallest absolute Gasteiger partial charge is 0.133 e. The van der Waals surface area contributed by atoms with E-state index in [1.165, 1.54) is 0 Å². The quantitative estimate of drug-likeness (QED) is 0.760. The van der Waals surface area contributed by atoms with E-state index in [0.717, 1.165) is 0 Å². The van der Waals surface area contributed by atoms with Crippen molar-refractivity contribution < 1.29 is 4.74 Å². The monoisotopic (exact) mass is 229 g/mol. The molecule has 5 heteroatoms. The number of anilines is 2. The van der Waals surface area contributed by atoms with Crippen LogP contribution in [0.15, 0.2) is 12.1 Å². The third-order valence-electron chi connectivity index (χ3n) is 1.84. The van der Waals surface area contributed by atoms with Crippen LogP contribution >= 0.6 is 11.6 Å². The normalized spacial score (nSPS) is 12.5. The fourth-order valence-corrected chi connectivity index (χ4v) is 1.42. The highest BCUT2D eigenvalue weighted by Crippen LogP contribution is 2.15. The van der Waals surface area contributed by atoms with Crippen molar-refractivity contribution >= 4 is 23.1 Å². The maximum atomic E-state index is 5.76. The third kappa shape index (κ3) is 4.36. The lowest BCUT2D eigenvalue weighted by molar-refractivity contribution is 0.0855. The summed E-state index contributed by atoms with van der Waals surface area (Å²) in [5.41, 5.74) is 6.23. The molecule has 0 saturated heterocycles. The van der Waals surface area contributed by atoms with E-state index in [0.29, 0.717) is 29.8 Å². The summed E-state index contributed by atoms with van der Waals surface area (Å²) in [5, 5.41) is 3.50. The summed E-state index contributed by atoms with van der Waals surface area (Å²) in [6, 6.07) is 3.35. The summed E-state index contributed by atoms with van der Waals surface area (Å²) in [4.78, 5) is 4.08. The molecule has 84 valence electrons. The van der Waals surface area contributed by atoms with E-state index in [2.05, 4.69) is 10.3 Å². The van der Waals surface area contributed by atoms with Gasteiger partial charge in [-0.2, -0.15) is 0 Å². The molecular formula is C10H16ClN3O. The van der Waals surface area contributed by atoms with Crippen molar-refractivity contribution in [1.82, 2.24) is 4.98 Å². The molecule has 0 spiro atoms. The van der Waals surface area contributed by atoms with Crippen molar-refractivity contribution in [2.24, 2.45) is 0 Å². The van der Waals surface area contributed by atoms with Crippen LogP contribution in [0.25, 0.3) is 0 Å². The largest absolute Gasteiger partial charge is 0.399 e. The van der Waals surface area contributed by atoms with Gasteiger partial charge in [0.15, 0.2) is 0 Å². The van der Waals surface area contributed by atoms with Crippen LogP contribution < -0.4 is 11.1 Å². The minimum atomic E-state index is 0.136. The van der Waals surface area contributed by atoms with Crippen LogP contribution in [0.5, 0.6) is 0 Å². The molecule has 1 rings (SSSR count). The number of halogens is 1. The minimum Gasteiger partial charge on any atom is -0.399 e. The van der Waals surface area contributed by atoms with Crippen LogP contribution in [0.4, 0.5) is 11.5 Å². The second-order valence-corrected chi connectivity index (χ2v) is 3.64. The molecule has 15 heavy (non-hydrogen) atoms. The summed E-state index contributed by atoms with van der Waals surface area (Å²) in [5.74, 6) is 0.673. The minimum absolute atomic E-state index is 0.136. The van der Waals surface area contributed by atoms with E-state index >= 15 is 0 Å². The molecule has 0 saturated carbocycles. The zero-order chi connectivity index (χ0) is 11.3. The zero-order valence-electron chi connectivity index (χ0n) is 8.96. The van der Waals surface area contributed by atoms with Crippen LogP contribution in [0.1, 0.15) is 13.8 Å². The van der Waals surface area contributed by atoms with E-state index < -0.39 is 0 Å². The van der Waals surface area contributed by atoms with Gasteiger partial charge in [-0.25, -0.2) is 4.98 Å². The van der Waals surface area contributed by atoms with Gasteiger partial charge in [-0.05, 0) is 19.9 Å². The molecule has 1 unspecified atom stereocenters. The summed E-state index contributed by atoms with van der Waals surface area (Å²) in [7, 11) is 0. The number of nitrogens with two attached hydrogens (primary N) is 1. The molecule has 0 fully saturated rings. The van der Waals surface area contributed by atoms with Gasteiger partial charge in [0.05, 0.1) is 6.10 Å². The standard InChI is InChI=1S/C10H16ClN3O/c1-3-15-7(2)6-13-10-5-8(12)4-9(11)14-10/h4-5,7H,3,6H2,1-2H3,(H3,12,13,14). The number of hydrogen-bond donors (Lipinski definition) is 2. The maximum Gasteiger partial charge on any atom is 0.133 e. The Morgan fingerprint density at radius 1 is 1.60 bits per heavy atom. The molecular weight excluding hydrogens is 214 g/mol. The fraction of sp³-hybridized carbons (Fsp3) is 0.500. The second-order valence-electron chi connectivity index (χ2n) is 3.26. The van der Waals surface area contributed by atoms with E-state index in [1.54, 1.807) is 12.1 Å². The number of ether oxygens (including phenoxy) is 1. The Kier molecular flexibility index (Phi) is 4.65. The van der Waals surface area contributed by atoms with Crippen LogP contribution in [0.3, 0.4) is 0 Å². The molecule has 0 radical (unpaired) electrons. The highest BCUT2D eigenvalue weighted by Gasteiger charge is 2.02. The highest BCUT2D eigenvalue weighted by atomic mass is 35.5. The number of pyridine rings is 1. The average molecular weight is 230 g/mol. The number of nitrogens with zero attached hydrogens (tertiary/aromatic N) is 1. The lowest BCUT2D eigenvalue weighted by atomic mass is 10.3. The molecule has 0 aromatic carbocycles. The third-order valence-corrected chi connectivity index (χ3v) is 2.03. The Labute approximate surface area is 94.8 Å². The highest BCUT2D eigenvalue weighted by molar-refractivity contribution is 6.29. The van der Waals surface area contributed by atoms with Gasteiger partial charge in [-0.15, -0.1) is 0 Å². The first-order valence-corrected chi connectivity index (χ1v) is 5.28. The number of rotatable bonds is 5. The maximum absolute atomic E-state index is 5.76. The summed E-state index contributed by atoms with van der Waals surface area (Å²) >= 11 is 5.76. The first kappa shape index (κ1) is 12.1. The molecule has 1 heterocycles. The predicted molar refractivity (Wildman–Crippen MR) is 63.2 cm³/mol. The van der Waals surface area contributed by atoms with Crippen molar-refractivity contribution in [3.63, 3.8) is 0 Å². The van der Waals surface area contributed by atoms with Gasteiger partial charge >= 0.3 is 0 Å². The number of nitrogens with one attached hydrogen (secondary N) is 1. The Morgan fingerprint density at radius 2 is 2.33 bits per heavy atom. The molecule has 4 nitrogen and oxygen atoms in total. The summed E-state index contributed by atoms with van der Waals surface area (Å²) < 4.78 is 5.37. The lowest BCUT2D eigenvalue weighted by Gasteiger charge is -2.13. The van der Waals surface area contributed by atoms with Gasteiger partial charge in [0.25, 0.3) is 0 Å². The number of hydrogen-bond acceptors (Lipinski definition) is 4. The van der Waals surface area contributed by atoms with Gasteiger partial charge in [0.2, 0.25) is 0 Å². The van der Waals surface area contributed by atoms with E-state index in [1.807, 2.05) is 13.8 Å².